The molecule has 0 saturated heterocycles. The number of benzene rings is 1. The van der Waals surface area contributed by atoms with Crippen LogP contribution < -0.4 is 14.8 Å². The van der Waals surface area contributed by atoms with Gasteiger partial charge in [-0.3, -0.25) is 4.72 Å². The van der Waals surface area contributed by atoms with Crippen LogP contribution in [0.15, 0.2) is 18.2 Å². The molecule has 108 valence electrons. The summed E-state index contributed by atoms with van der Waals surface area (Å²) in [5.41, 5.74) is 0.974. The second-order valence-electron chi connectivity index (χ2n) is 4.01. The van der Waals surface area contributed by atoms with Crippen LogP contribution in [0.1, 0.15) is 0 Å². The first kappa shape index (κ1) is 15.5. The van der Waals surface area contributed by atoms with Gasteiger partial charge in [-0.2, -0.15) is 0 Å². The Balaban J connectivity index is 2.84. The van der Waals surface area contributed by atoms with E-state index in [-0.39, 0.29) is 13.2 Å². The van der Waals surface area contributed by atoms with Crippen molar-refractivity contribution >= 4 is 21.4 Å². The van der Waals surface area contributed by atoms with Crippen LogP contribution in [0, 0.1) is 0 Å². The van der Waals surface area contributed by atoms with Crippen LogP contribution >= 0.6 is 0 Å². The Kier molecular flexibility index (Phi) is 5.40. The summed E-state index contributed by atoms with van der Waals surface area (Å²) in [4.78, 5) is 0. The maximum Gasteiger partial charge on any atom is 0.229 e. The first-order chi connectivity index (χ1) is 8.85. The Hall–Kier alpha value is -1.51. The average Bonchev–Trinajstić information content (AvgIpc) is 2.35. The highest BCUT2D eigenvalue weighted by Gasteiger charge is 2.09. The van der Waals surface area contributed by atoms with Gasteiger partial charge < -0.3 is 20.3 Å². The molecule has 0 spiro atoms. The van der Waals surface area contributed by atoms with Crippen LogP contribution in [0.2, 0.25) is 0 Å². The zero-order chi connectivity index (χ0) is 14.5. The van der Waals surface area contributed by atoms with Gasteiger partial charge in [0.1, 0.15) is 5.75 Å². The van der Waals surface area contributed by atoms with Crippen LogP contribution in [0.4, 0.5) is 11.4 Å². The fraction of sp³-hybridized carbons (Fsp3) is 0.455. The molecule has 0 radical (unpaired) electrons. The number of ether oxygens (including phenoxy) is 1. The van der Waals surface area contributed by atoms with Crippen molar-refractivity contribution in [3.63, 3.8) is 0 Å². The predicted molar refractivity (Wildman–Crippen MR) is 73.0 cm³/mol. The molecular weight excluding hydrogens is 272 g/mol. The number of hydrogen-bond acceptors (Lipinski definition) is 6. The monoisotopic (exact) mass is 290 g/mol. The molecule has 19 heavy (non-hydrogen) atoms. The van der Waals surface area contributed by atoms with Gasteiger partial charge in [-0.15, -0.1) is 0 Å². The third kappa shape index (κ3) is 5.33. The van der Waals surface area contributed by atoms with E-state index in [4.69, 9.17) is 9.84 Å². The minimum atomic E-state index is -3.38. The Labute approximate surface area is 112 Å². The largest absolute Gasteiger partial charge is 0.494 e. The highest BCUT2D eigenvalue weighted by atomic mass is 32.2. The molecule has 1 rings (SSSR count). The zero-order valence-corrected chi connectivity index (χ0v) is 11.6. The van der Waals surface area contributed by atoms with Gasteiger partial charge in [-0.05, 0) is 12.1 Å². The van der Waals surface area contributed by atoms with Crippen molar-refractivity contribution in [1.29, 1.82) is 0 Å². The molecule has 0 aliphatic rings. The van der Waals surface area contributed by atoms with Gasteiger partial charge >= 0.3 is 0 Å². The lowest BCUT2D eigenvalue weighted by Crippen LogP contribution is -2.22. The lowest BCUT2D eigenvalue weighted by molar-refractivity contribution is 0.105. The molecule has 0 aromatic heterocycles. The van der Waals surface area contributed by atoms with Crippen molar-refractivity contribution in [2.75, 3.05) is 36.6 Å². The minimum Gasteiger partial charge on any atom is -0.494 e. The summed E-state index contributed by atoms with van der Waals surface area (Å²) >= 11 is 0. The molecule has 8 heteroatoms. The summed E-state index contributed by atoms with van der Waals surface area (Å²) in [5, 5.41) is 20.8. The molecule has 1 atom stereocenters. The summed E-state index contributed by atoms with van der Waals surface area (Å²) in [6.45, 7) is -0.156. The smallest absolute Gasteiger partial charge is 0.229 e. The molecule has 0 heterocycles. The summed E-state index contributed by atoms with van der Waals surface area (Å²) in [7, 11) is -1.95. The van der Waals surface area contributed by atoms with E-state index in [1.54, 1.807) is 18.2 Å². The van der Waals surface area contributed by atoms with E-state index in [1.165, 1.54) is 7.11 Å². The number of methoxy groups -OCH3 is 1. The highest BCUT2D eigenvalue weighted by Crippen LogP contribution is 2.28. The molecule has 0 amide bonds. The fourth-order valence-corrected chi connectivity index (χ4v) is 1.95. The SMILES string of the molecule is COc1cc(NCC(O)CO)ccc1NS(C)(=O)=O. The van der Waals surface area contributed by atoms with Gasteiger partial charge in [-0.25, -0.2) is 8.42 Å². The highest BCUT2D eigenvalue weighted by molar-refractivity contribution is 7.92. The van der Waals surface area contributed by atoms with Crippen molar-refractivity contribution in [3.05, 3.63) is 18.2 Å². The number of rotatable bonds is 7. The van der Waals surface area contributed by atoms with Crippen LogP contribution in [0.5, 0.6) is 5.75 Å². The lowest BCUT2D eigenvalue weighted by atomic mass is 10.2. The summed E-state index contributed by atoms with van der Waals surface area (Å²) < 4.78 is 29.7. The van der Waals surface area contributed by atoms with E-state index in [0.29, 0.717) is 17.1 Å². The van der Waals surface area contributed by atoms with Crippen LogP contribution in [0.3, 0.4) is 0 Å². The lowest BCUT2D eigenvalue weighted by Gasteiger charge is -2.14. The minimum absolute atomic E-state index is 0.179. The normalized spacial score (nSPS) is 12.8. The van der Waals surface area contributed by atoms with Crippen LogP contribution in [-0.4, -0.2) is 51.3 Å². The Morgan fingerprint density at radius 3 is 2.63 bits per heavy atom. The quantitative estimate of drug-likeness (QED) is 0.555. The van der Waals surface area contributed by atoms with Crippen molar-refractivity contribution < 1.29 is 23.4 Å². The van der Waals surface area contributed by atoms with Crippen molar-refractivity contribution in [2.45, 2.75) is 6.10 Å². The molecule has 0 fully saturated rings. The molecule has 1 aromatic carbocycles. The van der Waals surface area contributed by atoms with Crippen molar-refractivity contribution in [2.24, 2.45) is 0 Å². The van der Waals surface area contributed by atoms with E-state index in [0.717, 1.165) is 6.26 Å². The zero-order valence-electron chi connectivity index (χ0n) is 10.8. The first-order valence-electron chi connectivity index (χ1n) is 5.54. The number of sulfonamides is 1. The molecule has 0 aliphatic carbocycles. The fourth-order valence-electron chi connectivity index (χ4n) is 1.39. The Morgan fingerprint density at radius 1 is 1.42 bits per heavy atom. The standard InChI is InChI=1S/C11H18N2O5S/c1-18-11-5-8(12-6-9(15)7-14)3-4-10(11)13-19(2,16)17/h3-5,9,12-15H,6-7H2,1-2H3. The van der Waals surface area contributed by atoms with Gasteiger partial charge in [0.15, 0.2) is 0 Å². The first-order valence-corrected chi connectivity index (χ1v) is 7.43. The Bertz CT molecular complexity index is 518. The molecule has 7 nitrogen and oxygen atoms in total. The topological polar surface area (TPSA) is 108 Å². The van der Waals surface area contributed by atoms with E-state index in [1.807, 2.05) is 0 Å². The van der Waals surface area contributed by atoms with Gasteiger partial charge in [0.05, 0.1) is 31.8 Å². The van der Waals surface area contributed by atoms with E-state index in [9.17, 15) is 13.5 Å². The molecule has 0 saturated carbocycles. The third-order valence-corrected chi connectivity index (χ3v) is 2.84. The Morgan fingerprint density at radius 2 is 2.11 bits per heavy atom. The maximum atomic E-state index is 11.2. The number of hydrogen-bond donors (Lipinski definition) is 4. The molecule has 1 aromatic rings. The molecule has 1 unspecified atom stereocenters. The maximum absolute atomic E-state index is 11.2. The second-order valence-corrected chi connectivity index (χ2v) is 5.76. The van der Waals surface area contributed by atoms with Crippen molar-refractivity contribution in [1.82, 2.24) is 0 Å². The summed E-state index contributed by atoms with van der Waals surface area (Å²) in [6, 6.07) is 4.78. The summed E-state index contributed by atoms with van der Waals surface area (Å²) in [6.07, 6.45) is 0.191. The molecule has 4 N–H and O–H groups in total. The van der Waals surface area contributed by atoms with E-state index >= 15 is 0 Å². The van der Waals surface area contributed by atoms with E-state index < -0.39 is 16.1 Å². The van der Waals surface area contributed by atoms with Gasteiger partial charge in [-0.1, -0.05) is 0 Å². The van der Waals surface area contributed by atoms with Gasteiger partial charge in [0.2, 0.25) is 10.0 Å². The third-order valence-electron chi connectivity index (χ3n) is 2.25. The molecular formula is C11H18N2O5S. The number of aliphatic hydroxyl groups excluding tert-OH is 2. The van der Waals surface area contributed by atoms with Gasteiger partial charge in [0.25, 0.3) is 0 Å². The van der Waals surface area contributed by atoms with Gasteiger partial charge in [0, 0.05) is 18.3 Å². The molecule has 0 bridgehead atoms. The number of aliphatic hydroxyl groups is 2. The van der Waals surface area contributed by atoms with E-state index in [2.05, 4.69) is 10.0 Å². The van der Waals surface area contributed by atoms with Crippen LogP contribution in [-0.2, 0) is 10.0 Å². The predicted octanol–water partition coefficient (Wildman–Crippen LogP) is -0.168. The van der Waals surface area contributed by atoms with Crippen molar-refractivity contribution in [3.8, 4) is 5.75 Å². The molecule has 0 aliphatic heterocycles. The van der Waals surface area contributed by atoms with Crippen LogP contribution in [0.25, 0.3) is 0 Å². The average molecular weight is 290 g/mol. The second kappa shape index (κ2) is 6.60. The summed E-state index contributed by atoms with van der Waals surface area (Å²) in [5.74, 6) is 0.355. The number of anilines is 2. The number of nitrogens with one attached hydrogen (secondary N) is 2.